The fourth-order valence-electron chi connectivity index (χ4n) is 2.38. The Labute approximate surface area is 145 Å². The van der Waals surface area contributed by atoms with E-state index in [0.717, 1.165) is 57.2 Å². The molecule has 1 aromatic carbocycles. The maximum atomic E-state index is 12.2. The molecule has 1 aliphatic rings. The minimum Gasteiger partial charge on any atom is -0.494 e. The van der Waals surface area contributed by atoms with Gasteiger partial charge in [0, 0.05) is 31.6 Å². The van der Waals surface area contributed by atoms with Crippen molar-refractivity contribution in [3.8, 4) is 5.75 Å². The first kappa shape index (κ1) is 19.9. The number of morpholine rings is 1. The summed E-state index contributed by atoms with van der Waals surface area (Å²) in [6.07, 6.45) is 1.60. The second-order valence-corrected chi connectivity index (χ2v) is 6.18. The lowest BCUT2D eigenvalue weighted by molar-refractivity contribution is 0.0370. The van der Waals surface area contributed by atoms with Crippen LogP contribution in [0.1, 0.15) is 37.0 Å². The molecule has 0 N–H and O–H groups in total. The number of carbonyl (C=O) groups is 1. The second-order valence-electron chi connectivity index (χ2n) is 6.18. The Kier molecular flexibility index (Phi) is 9.22. The van der Waals surface area contributed by atoms with Crippen molar-refractivity contribution in [2.75, 3.05) is 39.5 Å². The topological polar surface area (TPSA) is 38.8 Å². The third kappa shape index (κ3) is 7.34. The quantitative estimate of drug-likeness (QED) is 0.679. The molecule has 2 rings (SSSR count). The summed E-state index contributed by atoms with van der Waals surface area (Å²) in [4.78, 5) is 14.5. The van der Waals surface area contributed by atoms with E-state index in [2.05, 4.69) is 18.7 Å². The van der Waals surface area contributed by atoms with Gasteiger partial charge in [-0.1, -0.05) is 13.8 Å². The number of hydrogen-bond acceptors (Lipinski definition) is 4. The molecule has 0 aromatic heterocycles. The highest BCUT2D eigenvalue weighted by Gasteiger charge is 2.13. The zero-order chi connectivity index (χ0) is 15.8. The average molecular weight is 342 g/mol. The van der Waals surface area contributed by atoms with E-state index in [1.165, 1.54) is 0 Å². The molecular formula is C18H28ClNO3. The number of benzene rings is 1. The van der Waals surface area contributed by atoms with Crippen LogP contribution < -0.4 is 4.74 Å². The zero-order valence-electron chi connectivity index (χ0n) is 14.1. The molecule has 0 amide bonds. The van der Waals surface area contributed by atoms with Gasteiger partial charge in [0.05, 0.1) is 19.8 Å². The summed E-state index contributed by atoms with van der Waals surface area (Å²) in [5, 5.41) is 0. The van der Waals surface area contributed by atoms with E-state index in [0.29, 0.717) is 12.3 Å². The molecule has 5 heteroatoms. The van der Waals surface area contributed by atoms with Crippen LogP contribution in [0.2, 0.25) is 0 Å². The number of carbonyl (C=O) groups excluding carboxylic acids is 1. The van der Waals surface area contributed by atoms with E-state index in [1.807, 2.05) is 24.3 Å². The fraction of sp³-hybridized carbons (Fsp3) is 0.611. The van der Waals surface area contributed by atoms with Gasteiger partial charge in [0.1, 0.15) is 5.75 Å². The first-order chi connectivity index (χ1) is 10.6. The summed E-state index contributed by atoms with van der Waals surface area (Å²) in [6, 6.07) is 7.52. The molecule has 130 valence electrons. The molecule has 1 fully saturated rings. The van der Waals surface area contributed by atoms with Crippen molar-refractivity contribution in [1.82, 2.24) is 4.90 Å². The van der Waals surface area contributed by atoms with Crippen molar-refractivity contribution in [2.24, 2.45) is 5.92 Å². The highest BCUT2D eigenvalue weighted by molar-refractivity contribution is 5.96. The van der Waals surface area contributed by atoms with Crippen molar-refractivity contribution < 1.29 is 14.3 Å². The lowest BCUT2D eigenvalue weighted by Crippen LogP contribution is -2.37. The van der Waals surface area contributed by atoms with Gasteiger partial charge in [-0.2, -0.15) is 0 Å². The molecular weight excluding hydrogens is 314 g/mol. The summed E-state index contributed by atoms with van der Waals surface area (Å²) < 4.78 is 11.0. The Morgan fingerprint density at radius 1 is 1.22 bits per heavy atom. The van der Waals surface area contributed by atoms with Crippen LogP contribution in [0, 0.1) is 5.92 Å². The van der Waals surface area contributed by atoms with E-state index in [9.17, 15) is 4.79 Å². The summed E-state index contributed by atoms with van der Waals surface area (Å²) in [5.74, 6) is 1.67. The van der Waals surface area contributed by atoms with E-state index >= 15 is 0 Å². The van der Waals surface area contributed by atoms with Gasteiger partial charge < -0.3 is 9.47 Å². The number of ether oxygens (including phenoxy) is 2. The maximum Gasteiger partial charge on any atom is 0.164 e. The zero-order valence-corrected chi connectivity index (χ0v) is 14.9. The van der Waals surface area contributed by atoms with Crippen LogP contribution in [-0.2, 0) is 4.74 Å². The predicted molar refractivity (Wildman–Crippen MR) is 94.8 cm³/mol. The maximum absolute atomic E-state index is 12.2. The van der Waals surface area contributed by atoms with E-state index in [4.69, 9.17) is 9.47 Å². The molecule has 0 radical (unpaired) electrons. The standard InChI is InChI=1S/C18H27NO3.ClH/c1-15(2)8-12-22-17-5-3-16(4-6-17)18(20)7-9-19-10-13-21-14-11-19;/h3-6,15H,7-14H2,1-2H3;1H. The monoisotopic (exact) mass is 341 g/mol. The van der Waals surface area contributed by atoms with Gasteiger partial charge >= 0.3 is 0 Å². The average Bonchev–Trinajstić information content (AvgIpc) is 2.54. The summed E-state index contributed by atoms with van der Waals surface area (Å²) in [6.45, 7) is 9.30. The molecule has 4 nitrogen and oxygen atoms in total. The lowest BCUT2D eigenvalue weighted by atomic mass is 10.1. The molecule has 0 saturated carbocycles. The molecule has 0 bridgehead atoms. The highest BCUT2D eigenvalue weighted by Crippen LogP contribution is 2.15. The summed E-state index contributed by atoms with van der Waals surface area (Å²) in [7, 11) is 0. The Morgan fingerprint density at radius 2 is 1.87 bits per heavy atom. The molecule has 0 unspecified atom stereocenters. The molecule has 1 aromatic rings. The van der Waals surface area contributed by atoms with Crippen LogP contribution in [0.15, 0.2) is 24.3 Å². The van der Waals surface area contributed by atoms with E-state index < -0.39 is 0 Å². The van der Waals surface area contributed by atoms with Crippen LogP contribution in [0.3, 0.4) is 0 Å². The van der Waals surface area contributed by atoms with Crippen LogP contribution in [0.4, 0.5) is 0 Å². The number of ketones is 1. The van der Waals surface area contributed by atoms with Crippen LogP contribution in [-0.4, -0.2) is 50.1 Å². The number of nitrogens with zero attached hydrogens (tertiary/aromatic N) is 1. The highest BCUT2D eigenvalue weighted by atomic mass is 35.5. The first-order valence-electron chi connectivity index (χ1n) is 8.21. The Bertz CT molecular complexity index is 456. The third-order valence-corrected chi connectivity index (χ3v) is 3.90. The van der Waals surface area contributed by atoms with Gasteiger partial charge in [-0.25, -0.2) is 0 Å². The van der Waals surface area contributed by atoms with Gasteiger partial charge in [-0.15, -0.1) is 12.4 Å². The normalized spacial score (nSPS) is 15.3. The lowest BCUT2D eigenvalue weighted by Gasteiger charge is -2.26. The second kappa shape index (κ2) is 10.6. The smallest absolute Gasteiger partial charge is 0.164 e. The Morgan fingerprint density at radius 3 is 2.48 bits per heavy atom. The molecule has 0 atom stereocenters. The molecule has 1 heterocycles. The Hall–Kier alpha value is -1.10. The minimum atomic E-state index is 0. The number of rotatable bonds is 8. The molecule has 0 aliphatic carbocycles. The number of hydrogen-bond donors (Lipinski definition) is 0. The summed E-state index contributed by atoms with van der Waals surface area (Å²) >= 11 is 0. The van der Waals surface area contributed by atoms with Gasteiger partial charge in [-0.05, 0) is 36.6 Å². The van der Waals surface area contributed by atoms with Crippen molar-refractivity contribution in [1.29, 1.82) is 0 Å². The Balaban J connectivity index is 0.00000264. The minimum absolute atomic E-state index is 0. The van der Waals surface area contributed by atoms with Crippen molar-refractivity contribution >= 4 is 18.2 Å². The van der Waals surface area contributed by atoms with E-state index in [-0.39, 0.29) is 18.2 Å². The van der Waals surface area contributed by atoms with Crippen LogP contribution in [0.25, 0.3) is 0 Å². The fourth-order valence-corrected chi connectivity index (χ4v) is 2.38. The summed E-state index contributed by atoms with van der Waals surface area (Å²) in [5.41, 5.74) is 0.768. The van der Waals surface area contributed by atoms with Gasteiger partial charge in [0.2, 0.25) is 0 Å². The van der Waals surface area contributed by atoms with Gasteiger partial charge in [0.25, 0.3) is 0 Å². The van der Waals surface area contributed by atoms with Crippen LogP contribution >= 0.6 is 12.4 Å². The third-order valence-electron chi connectivity index (χ3n) is 3.90. The van der Waals surface area contributed by atoms with Crippen LogP contribution in [0.5, 0.6) is 5.75 Å². The molecule has 0 spiro atoms. The first-order valence-corrected chi connectivity index (χ1v) is 8.21. The molecule has 1 saturated heterocycles. The number of Topliss-reactive ketones (excluding diaryl/α,β-unsaturated/α-hetero) is 1. The number of halogens is 1. The van der Waals surface area contributed by atoms with Crippen molar-refractivity contribution in [2.45, 2.75) is 26.7 Å². The van der Waals surface area contributed by atoms with Gasteiger partial charge in [0.15, 0.2) is 5.78 Å². The largest absolute Gasteiger partial charge is 0.494 e. The molecule has 1 aliphatic heterocycles. The van der Waals surface area contributed by atoms with Crippen molar-refractivity contribution in [3.63, 3.8) is 0 Å². The van der Waals surface area contributed by atoms with E-state index in [1.54, 1.807) is 0 Å². The SMILES string of the molecule is CC(C)CCOc1ccc(C(=O)CCN2CCOCC2)cc1.Cl. The molecule has 23 heavy (non-hydrogen) atoms. The predicted octanol–water partition coefficient (Wildman–Crippen LogP) is 3.44. The van der Waals surface area contributed by atoms with Crippen molar-refractivity contribution in [3.05, 3.63) is 29.8 Å². The van der Waals surface area contributed by atoms with Gasteiger partial charge in [-0.3, -0.25) is 9.69 Å².